The highest BCUT2D eigenvalue weighted by molar-refractivity contribution is 8.13. The maximum Gasteiger partial charge on any atom is 0.156 e. The average Bonchev–Trinajstić information content (AvgIpc) is 2.67. The minimum atomic E-state index is 0.263. The van der Waals surface area contributed by atoms with Crippen LogP contribution >= 0.6 is 11.8 Å². The minimum Gasteiger partial charge on any atom is -0.360 e. The van der Waals surface area contributed by atoms with E-state index in [1.807, 2.05) is 11.8 Å². The van der Waals surface area contributed by atoms with Crippen molar-refractivity contribution in [2.24, 2.45) is 21.7 Å². The first kappa shape index (κ1) is 14.2. The maximum absolute atomic E-state index is 4.85. The smallest absolute Gasteiger partial charge is 0.156 e. The summed E-state index contributed by atoms with van der Waals surface area (Å²) in [5.74, 6) is 1.93. The molecule has 1 heterocycles. The molecule has 1 N–H and O–H groups in total. The van der Waals surface area contributed by atoms with Crippen molar-refractivity contribution in [2.45, 2.75) is 59.9 Å². The molecule has 2 nitrogen and oxygen atoms in total. The van der Waals surface area contributed by atoms with Gasteiger partial charge in [-0.1, -0.05) is 46.4 Å². The summed E-state index contributed by atoms with van der Waals surface area (Å²) in [4.78, 5) is 4.85. The first-order valence-electron chi connectivity index (χ1n) is 7.18. The van der Waals surface area contributed by atoms with Gasteiger partial charge in [0.25, 0.3) is 0 Å². The van der Waals surface area contributed by atoms with Crippen molar-refractivity contribution in [3.63, 3.8) is 0 Å². The van der Waals surface area contributed by atoms with Crippen LogP contribution in [0.25, 0.3) is 0 Å². The van der Waals surface area contributed by atoms with Gasteiger partial charge in [-0.05, 0) is 36.5 Å². The Morgan fingerprint density at radius 2 is 1.83 bits per heavy atom. The van der Waals surface area contributed by atoms with Gasteiger partial charge >= 0.3 is 0 Å². The molecule has 2 rings (SSSR count). The van der Waals surface area contributed by atoms with Crippen LogP contribution in [0.2, 0.25) is 0 Å². The summed E-state index contributed by atoms with van der Waals surface area (Å²) in [7, 11) is 0. The molecule has 0 aromatic heterocycles. The van der Waals surface area contributed by atoms with Crippen molar-refractivity contribution in [1.82, 2.24) is 5.32 Å². The molecule has 1 saturated heterocycles. The predicted molar refractivity (Wildman–Crippen MR) is 82.3 cm³/mol. The quantitative estimate of drug-likeness (QED) is 0.839. The summed E-state index contributed by atoms with van der Waals surface area (Å²) in [6.07, 6.45) is 2.42. The Morgan fingerprint density at radius 1 is 1.22 bits per heavy atom. The van der Waals surface area contributed by atoms with Gasteiger partial charge in [-0.3, -0.25) is 4.99 Å². The molecular weight excluding hydrogens is 240 g/mol. The normalized spacial score (nSPS) is 36.4. The summed E-state index contributed by atoms with van der Waals surface area (Å²) in [6.45, 7) is 15.0. The number of nitrogens with one attached hydrogen (secondary N) is 1. The lowest BCUT2D eigenvalue weighted by Gasteiger charge is -2.35. The second-order valence-corrected chi connectivity index (χ2v) is 8.36. The van der Waals surface area contributed by atoms with Crippen molar-refractivity contribution in [2.75, 3.05) is 12.3 Å². The zero-order chi connectivity index (χ0) is 13.6. The predicted octanol–water partition coefficient (Wildman–Crippen LogP) is 3.92. The van der Waals surface area contributed by atoms with E-state index in [0.717, 1.165) is 12.5 Å². The molecule has 1 aliphatic carbocycles. The monoisotopic (exact) mass is 268 g/mol. The molecule has 0 bridgehead atoms. The molecule has 2 fully saturated rings. The summed E-state index contributed by atoms with van der Waals surface area (Å²) < 4.78 is 0. The van der Waals surface area contributed by atoms with Gasteiger partial charge in [0.1, 0.15) is 0 Å². The van der Waals surface area contributed by atoms with Gasteiger partial charge < -0.3 is 5.32 Å². The third-order valence-corrected chi connectivity index (χ3v) is 6.73. The number of hydrogen-bond acceptors (Lipinski definition) is 2. The van der Waals surface area contributed by atoms with Crippen LogP contribution in [0, 0.1) is 16.7 Å². The van der Waals surface area contributed by atoms with Gasteiger partial charge in [-0.2, -0.15) is 0 Å². The van der Waals surface area contributed by atoms with Gasteiger partial charge in [0, 0.05) is 17.8 Å². The largest absolute Gasteiger partial charge is 0.360 e. The van der Waals surface area contributed by atoms with Crippen LogP contribution in [-0.4, -0.2) is 23.0 Å². The lowest BCUT2D eigenvalue weighted by Crippen LogP contribution is -2.48. The molecule has 0 radical (unpaired) electrons. The van der Waals surface area contributed by atoms with Crippen LogP contribution in [0.4, 0.5) is 0 Å². The molecule has 104 valence electrons. The van der Waals surface area contributed by atoms with E-state index in [1.54, 1.807) is 0 Å². The molecule has 3 heteroatoms. The van der Waals surface area contributed by atoms with Crippen molar-refractivity contribution in [3.05, 3.63) is 0 Å². The lowest BCUT2D eigenvalue weighted by molar-refractivity contribution is 0.389. The van der Waals surface area contributed by atoms with E-state index in [0.29, 0.717) is 10.8 Å². The average molecular weight is 268 g/mol. The van der Waals surface area contributed by atoms with E-state index >= 15 is 0 Å². The van der Waals surface area contributed by atoms with E-state index in [4.69, 9.17) is 4.99 Å². The number of aliphatic imine (C=N–C) groups is 1. The van der Waals surface area contributed by atoms with Crippen molar-refractivity contribution in [1.29, 1.82) is 0 Å². The van der Waals surface area contributed by atoms with Crippen LogP contribution in [-0.2, 0) is 0 Å². The third kappa shape index (κ3) is 2.31. The second kappa shape index (κ2) is 4.43. The lowest BCUT2D eigenvalue weighted by atomic mass is 9.96. The third-order valence-electron chi connectivity index (χ3n) is 5.82. The molecule has 18 heavy (non-hydrogen) atoms. The standard InChI is InChI=1S/C15H28N2S/c1-7-15(6)8-9-18-12(17-15)16-10-11-13(2,3)14(11,4)5/h11H,7-10H2,1-6H3,(H,16,17). The molecule has 0 aromatic carbocycles. The molecule has 1 unspecified atom stereocenters. The van der Waals surface area contributed by atoms with E-state index < -0.39 is 0 Å². The number of rotatable bonds is 3. The van der Waals surface area contributed by atoms with Crippen LogP contribution in [0.5, 0.6) is 0 Å². The fourth-order valence-electron chi connectivity index (χ4n) is 3.04. The Balaban J connectivity index is 1.95. The Bertz CT molecular complexity index is 346. The molecule has 0 amide bonds. The van der Waals surface area contributed by atoms with E-state index in [2.05, 4.69) is 46.9 Å². The van der Waals surface area contributed by atoms with E-state index in [-0.39, 0.29) is 5.54 Å². The maximum atomic E-state index is 4.85. The SMILES string of the molecule is CCC1(C)CCSC(=NCC2C(C)(C)C2(C)C)N1. The highest BCUT2D eigenvalue weighted by Gasteiger charge is 2.64. The Labute approximate surface area is 116 Å². The zero-order valence-corrected chi connectivity index (χ0v) is 13.6. The van der Waals surface area contributed by atoms with Gasteiger partial charge in [-0.15, -0.1) is 0 Å². The number of hydrogen-bond donors (Lipinski definition) is 1. The van der Waals surface area contributed by atoms with Crippen LogP contribution in [0.3, 0.4) is 0 Å². The first-order valence-corrected chi connectivity index (χ1v) is 8.17. The molecular formula is C15H28N2S. The highest BCUT2D eigenvalue weighted by Crippen LogP contribution is 2.68. The molecule has 1 saturated carbocycles. The summed E-state index contributed by atoms with van der Waals surface area (Å²) in [5, 5.41) is 4.80. The van der Waals surface area contributed by atoms with E-state index in [1.165, 1.54) is 23.8 Å². The molecule has 1 atom stereocenters. The van der Waals surface area contributed by atoms with Gasteiger partial charge in [0.15, 0.2) is 5.17 Å². The molecule has 2 aliphatic rings. The van der Waals surface area contributed by atoms with E-state index in [9.17, 15) is 0 Å². The molecule has 0 aromatic rings. The Morgan fingerprint density at radius 3 is 2.33 bits per heavy atom. The van der Waals surface area contributed by atoms with Crippen molar-refractivity contribution >= 4 is 16.9 Å². The van der Waals surface area contributed by atoms with Crippen LogP contribution in [0.15, 0.2) is 4.99 Å². The molecule has 0 spiro atoms. The van der Waals surface area contributed by atoms with Crippen LogP contribution < -0.4 is 5.32 Å². The fraction of sp³-hybridized carbons (Fsp3) is 0.933. The van der Waals surface area contributed by atoms with Gasteiger partial charge in [-0.25, -0.2) is 0 Å². The summed E-state index contributed by atoms with van der Waals surface area (Å²) in [6, 6.07) is 0. The van der Waals surface area contributed by atoms with Gasteiger partial charge in [0.2, 0.25) is 0 Å². The first-order chi connectivity index (χ1) is 8.23. The number of thioether (sulfide) groups is 1. The molecule has 1 aliphatic heterocycles. The summed E-state index contributed by atoms with van der Waals surface area (Å²) in [5.41, 5.74) is 1.16. The Kier molecular flexibility index (Phi) is 3.50. The van der Waals surface area contributed by atoms with Gasteiger partial charge in [0.05, 0.1) is 0 Å². The van der Waals surface area contributed by atoms with Crippen molar-refractivity contribution in [3.8, 4) is 0 Å². The Hall–Kier alpha value is -0.180. The zero-order valence-electron chi connectivity index (χ0n) is 12.8. The topological polar surface area (TPSA) is 24.4 Å². The number of nitrogens with zero attached hydrogens (tertiary/aromatic N) is 1. The highest BCUT2D eigenvalue weighted by atomic mass is 32.2. The minimum absolute atomic E-state index is 0.263. The fourth-order valence-corrected chi connectivity index (χ4v) is 4.27. The number of amidine groups is 1. The second-order valence-electron chi connectivity index (χ2n) is 7.28. The summed E-state index contributed by atoms with van der Waals surface area (Å²) >= 11 is 1.89. The van der Waals surface area contributed by atoms with Crippen molar-refractivity contribution < 1.29 is 0 Å². The van der Waals surface area contributed by atoms with Crippen LogP contribution in [0.1, 0.15) is 54.4 Å².